The Balaban J connectivity index is 1.74. The van der Waals surface area contributed by atoms with Crippen LogP contribution in [0.1, 0.15) is 5.56 Å². The van der Waals surface area contributed by atoms with E-state index in [1.165, 1.54) is 16.9 Å². The highest BCUT2D eigenvalue weighted by Gasteiger charge is 2.04. The van der Waals surface area contributed by atoms with Gasteiger partial charge in [0.15, 0.2) is 0 Å². The Morgan fingerprint density at radius 1 is 1.09 bits per heavy atom. The summed E-state index contributed by atoms with van der Waals surface area (Å²) in [5, 5.41) is 5.68. The van der Waals surface area contributed by atoms with Crippen LogP contribution in [0.2, 0.25) is 0 Å². The summed E-state index contributed by atoms with van der Waals surface area (Å²) in [6.07, 6.45) is 0. The van der Waals surface area contributed by atoms with Gasteiger partial charge in [-0.2, -0.15) is 4.99 Å². The third-order valence-corrected chi connectivity index (χ3v) is 3.84. The number of hydrogen-bond acceptors (Lipinski definition) is 3. The molecule has 0 unspecified atom stereocenters. The lowest BCUT2D eigenvalue weighted by Crippen LogP contribution is -2.21. The van der Waals surface area contributed by atoms with Crippen LogP contribution in [-0.4, -0.2) is 10.9 Å². The van der Waals surface area contributed by atoms with Gasteiger partial charge in [-0.25, -0.2) is 4.98 Å². The minimum atomic E-state index is 0.331. The second-order valence-corrected chi connectivity index (χ2v) is 5.71. The summed E-state index contributed by atoms with van der Waals surface area (Å²) < 4.78 is 0. The molecule has 2 aromatic carbocycles. The molecule has 4 nitrogen and oxygen atoms in total. The van der Waals surface area contributed by atoms with E-state index in [2.05, 4.69) is 15.3 Å². The first-order chi connectivity index (χ1) is 10.7. The Kier molecular flexibility index (Phi) is 4.16. The van der Waals surface area contributed by atoms with Gasteiger partial charge in [-0.1, -0.05) is 48.0 Å². The molecule has 110 valence electrons. The summed E-state index contributed by atoms with van der Waals surface area (Å²) in [6, 6.07) is 18.0. The fourth-order valence-electron chi connectivity index (χ4n) is 1.97. The molecule has 0 saturated heterocycles. The molecule has 0 amide bonds. The maximum absolute atomic E-state index is 5.93. The zero-order valence-corrected chi connectivity index (χ0v) is 13.0. The van der Waals surface area contributed by atoms with E-state index in [1.807, 2.05) is 66.9 Å². The van der Waals surface area contributed by atoms with E-state index >= 15 is 0 Å². The Hall–Kier alpha value is -2.66. The number of aliphatic imine (C=N–C) groups is 1. The first-order valence-corrected chi connectivity index (χ1v) is 7.77. The predicted octanol–water partition coefficient (Wildman–Crippen LogP) is 4.18. The smallest absolute Gasteiger partial charge is 0.212 e. The van der Waals surface area contributed by atoms with Gasteiger partial charge in [0.1, 0.15) is 0 Å². The van der Waals surface area contributed by atoms with Crippen molar-refractivity contribution in [3.8, 4) is 11.3 Å². The molecule has 0 radical (unpaired) electrons. The summed E-state index contributed by atoms with van der Waals surface area (Å²) in [7, 11) is 0. The Labute approximate surface area is 133 Å². The summed E-state index contributed by atoms with van der Waals surface area (Å²) in [4.78, 5) is 8.80. The van der Waals surface area contributed by atoms with E-state index in [1.54, 1.807) is 0 Å². The second kappa shape index (κ2) is 6.41. The van der Waals surface area contributed by atoms with Crippen molar-refractivity contribution in [3.63, 3.8) is 0 Å². The number of nitrogens with one attached hydrogen (secondary N) is 1. The monoisotopic (exact) mass is 308 g/mol. The van der Waals surface area contributed by atoms with Crippen molar-refractivity contribution >= 4 is 28.1 Å². The topological polar surface area (TPSA) is 63.3 Å². The minimum Gasteiger partial charge on any atom is -0.369 e. The number of hydrogen-bond donors (Lipinski definition) is 2. The second-order valence-electron chi connectivity index (χ2n) is 4.87. The van der Waals surface area contributed by atoms with Gasteiger partial charge in [0.2, 0.25) is 11.1 Å². The predicted molar refractivity (Wildman–Crippen MR) is 93.6 cm³/mol. The van der Waals surface area contributed by atoms with Crippen molar-refractivity contribution < 1.29 is 0 Å². The maximum Gasteiger partial charge on any atom is 0.212 e. The Morgan fingerprint density at radius 2 is 1.82 bits per heavy atom. The average Bonchev–Trinajstić information content (AvgIpc) is 2.99. The molecule has 0 saturated carbocycles. The number of rotatable bonds is 3. The number of aryl methyl sites for hydroxylation is 1. The van der Waals surface area contributed by atoms with Crippen LogP contribution < -0.4 is 11.1 Å². The first kappa shape index (κ1) is 14.3. The fourth-order valence-corrected chi connectivity index (χ4v) is 2.68. The summed E-state index contributed by atoms with van der Waals surface area (Å²) >= 11 is 1.47. The third-order valence-electron chi connectivity index (χ3n) is 3.10. The Morgan fingerprint density at radius 3 is 2.55 bits per heavy atom. The highest BCUT2D eigenvalue weighted by atomic mass is 32.1. The van der Waals surface area contributed by atoms with Gasteiger partial charge in [0, 0.05) is 16.6 Å². The number of aromatic nitrogens is 1. The molecule has 5 heteroatoms. The lowest BCUT2D eigenvalue weighted by molar-refractivity contribution is 1.33. The van der Waals surface area contributed by atoms with E-state index in [-0.39, 0.29) is 0 Å². The molecule has 1 aromatic heterocycles. The molecule has 0 aliphatic carbocycles. The van der Waals surface area contributed by atoms with Crippen LogP contribution in [0.25, 0.3) is 11.3 Å². The van der Waals surface area contributed by atoms with Crippen LogP contribution in [0.4, 0.5) is 10.8 Å². The van der Waals surface area contributed by atoms with E-state index < -0.39 is 0 Å². The quantitative estimate of drug-likeness (QED) is 0.563. The van der Waals surface area contributed by atoms with Crippen molar-refractivity contribution in [2.24, 2.45) is 10.7 Å². The lowest BCUT2D eigenvalue weighted by atomic mass is 10.2. The molecule has 0 bridgehead atoms. The number of anilines is 1. The SMILES string of the molecule is Cc1ccc(NC(N)=Nc2nc(-c3ccccc3)cs2)cc1. The van der Waals surface area contributed by atoms with E-state index in [0.29, 0.717) is 11.1 Å². The van der Waals surface area contributed by atoms with Gasteiger partial charge in [-0.15, -0.1) is 11.3 Å². The maximum atomic E-state index is 5.93. The number of benzene rings is 2. The van der Waals surface area contributed by atoms with Gasteiger partial charge in [-0.05, 0) is 19.1 Å². The van der Waals surface area contributed by atoms with Gasteiger partial charge in [-0.3, -0.25) is 0 Å². The van der Waals surface area contributed by atoms with E-state index in [0.717, 1.165) is 16.9 Å². The molecule has 0 atom stereocenters. The molecule has 3 N–H and O–H groups in total. The number of guanidine groups is 1. The molecule has 0 fully saturated rings. The van der Waals surface area contributed by atoms with Gasteiger partial charge in [0.05, 0.1) is 5.69 Å². The summed E-state index contributed by atoms with van der Waals surface area (Å²) in [6.45, 7) is 2.04. The first-order valence-electron chi connectivity index (χ1n) is 6.89. The van der Waals surface area contributed by atoms with E-state index in [4.69, 9.17) is 5.73 Å². The molecule has 0 aliphatic rings. The van der Waals surface area contributed by atoms with Gasteiger partial charge < -0.3 is 11.1 Å². The molecule has 3 aromatic rings. The molecule has 0 spiro atoms. The summed E-state index contributed by atoms with van der Waals surface area (Å²) in [5.74, 6) is 0.331. The number of nitrogens with two attached hydrogens (primary N) is 1. The van der Waals surface area contributed by atoms with Crippen LogP contribution in [0.5, 0.6) is 0 Å². The zero-order chi connectivity index (χ0) is 15.4. The molecular formula is C17H16N4S. The van der Waals surface area contributed by atoms with Crippen molar-refractivity contribution in [3.05, 3.63) is 65.5 Å². The lowest BCUT2D eigenvalue weighted by Gasteiger charge is -2.04. The molecule has 1 heterocycles. The Bertz CT molecular complexity index is 776. The summed E-state index contributed by atoms with van der Waals surface area (Å²) in [5.41, 5.74) is 10.0. The number of thiazole rings is 1. The van der Waals surface area contributed by atoms with Crippen LogP contribution in [-0.2, 0) is 0 Å². The van der Waals surface area contributed by atoms with E-state index in [9.17, 15) is 0 Å². The fraction of sp³-hybridized carbons (Fsp3) is 0.0588. The van der Waals surface area contributed by atoms with Crippen LogP contribution >= 0.6 is 11.3 Å². The molecule has 3 rings (SSSR count). The minimum absolute atomic E-state index is 0.331. The zero-order valence-electron chi connectivity index (χ0n) is 12.2. The molecular weight excluding hydrogens is 292 g/mol. The molecule has 0 aliphatic heterocycles. The van der Waals surface area contributed by atoms with Crippen molar-refractivity contribution in [2.45, 2.75) is 6.92 Å². The largest absolute Gasteiger partial charge is 0.369 e. The average molecular weight is 308 g/mol. The van der Waals surface area contributed by atoms with Crippen LogP contribution in [0.3, 0.4) is 0 Å². The van der Waals surface area contributed by atoms with Gasteiger partial charge in [0.25, 0.3) is 0 Å². The van der Waals surface area contributed by atoms with Gasteiger partial charge >= 0.3 is 0 Å². The standard InChI is InChI=1S/C17H16N4S/c1-12-7-9-14(10-8-12)19-16(18)21-17-20-15(11-22-17)13-5-3-2-4-6-13/h2-11H,1H3,(H3,18,19,20,21). The van der Waals surface area contributed by atoms with Crippen molar-refractivity contribution in [2.75, 3.05) is 5.32 Å². The van der Waals surface area contributed by atoms with Crippen molar-refractivity contribution in [1.29, 1.82) is 0 Å². The van der Waals surface area contributed by atoms with Crippen LogP contribution in [0, 0.1) is 6.92 Å². The van der Waals surface area contributed by atoms with Crippen molar-refractivity contribution in [1.82, 2.24) is 4.98 Å². The number of nitrogens with zero attached hydrogens (tertiary/aromatic N) is 2. The third kappa shape index (κ3) is 3.51. The highest BCUT2D eigenvalue weighted by Crippen LogP contribution is 2.26. The normalized spacial score (nSPS) is 11.4. The van der Waals surface area contributed by atoms with Crippen LogP contribution in [0.15, 0.2) is 65.0 Å². The molecule has 22 heavy (non-hydrogen) atoms. The highest BCUT2D eigenvalue weighted by molar-refractivity contribution is 7.13.